The van der Waals surface area contributed by atoms with Crippen LogP contribution in [-0.4, -0.2) is 22.1 Å². The highest BCUT2D eigenvalue weighted by atomic mass is 79.9. The van der Waals surface area contributed by atoms with Crippen molar-refractivity contribution in [3.05, 3.63) is 58.1 Å². The van der Waals surface area contributed by atoms with Gasteiger partial charge >= 0.3 is 5.97 Å². The molecule has 128 valence electrons. The average Bonchev–Trinajstić information content (AvgIpc) is 3.20. The third-order valence-electron chi connectivity index (χ3n) is 4.24. The zero-order valence-corrected chi connectivity index (χ0v) is 15.3. The first-order valence-electron chi connectivity index (χ1n) is 7.94. The molecule has 1 aromatic carbocycles. The minimum absolute atomic E-state index is 0.318. The highest BCUT2D eigenvalue weighted by Gasteiger charge is 2.35. The largest absolute Gasteiger partial charge is 0.472 e. The average molecular weight is 402 g/mol. The lowest BCUT2D eigenvalue weighted by molar-refractivity contribution is -0.139. The number of nitrogens with one attached hydrogen (secondary N) is 1. The number of furan rings is 1. The van der Waals surface area contributed by atoms with Crippen molar-refractivity contribution in [1.29, 1.82) is 0 Å². The van der Waals surface area contributed by atoms with E-state index in [1.54, 1.807) is 19.5 Å². The molecule has 1 aliphatic rings. The monoisotopic (exact) mass is 401 g/mol. The molecule has 0 unspecified atom stereocenters. The zero-order valence-electron chi connectivity index (χ0n) is 13.7. The van der Waals surface area contributed by atoms with Gasteiger partial charge in [-0.05, 0) is 38.1 Å². The van der Waals surface area contributed by atoms with Gasteiger partial charge in [-0.1, -0.05) is 15.9 Å². The summed E-state index contributed by atoms with van der Waals surface area (Å²) >= 11 is 3.48. The van der Waals surface area contributed by atoms with Gasteiger partial charge in [0.2, 0.25) is 5.95 Å². The summed E-state index contributed by atoms with van der Waals surface area (Å²) in [6.07, 6.45) is 3.25. The Morgan fingerprint density at radius 1 is 1.44 bits per heavy atom. The second-order valence-electron chi connectivity index (χ2n) is 5.78. The molecule has 0 saturated heterocycles. The number of carbonyl (C=O) groups is 1. The zero-order chi connectivity index (χ0) is 17.6. The summed E-state index contributed by atoms with van der Waals surface area (Å²) in [7, 11) is 0. The molecule has 3 heterocycles. The topological polar surface area (TPSA) is 69.3 Å². The first-order chi connectivity index (χ1) is 12.1. The SMILES string of the molecule is CCOC(=O)C1=C(C)Nc2nc3cc(Br)ccc3n2[C@@H]1c1ccoc1. The van der Waals surface area contributed by atoms with Crippen LogP contribution in [0.2, 0.25) is 0 Å². The van der Waals surface area contributed by atoms with Crippen LogP contribution < -0.4 is 5.32 Å². The molecule has 0 aliphatic carbocycles. The summed E-state index contributed by atoms with van der Waals surface area (Å²) in [4.78, 5) is 17.3. The minimum atomic E-state index is -0.361. The Labute approximate surface area is 152 Å². The molecule has 1 atom stereocenters. The van der Waals surface area contributed by atoms with Gasteiger partial charge < -0.3 is 14.5 Å². The summed E-state index contributed by atoms with van der Waals surface area (Å²) in [6.45, 7) is 3.97. The predicted octanol–water partition coefficient (Wildman–Crippen LogP) is 4.24. The number of hydrogen-bond donors (Lipinski definition) is 1. The Bertz CT molecular complexity index is 989. The fraction of sp³-hybridized carbons (Fsp3) is 0.222. The van der Waals surface area contributed by atoms with E-state index in [9.17, 15) is 4.79 Å². The molecule has 1 N–H and O–H groups in total. The molecule has 1 aliphatic heterocycles. The van der Waals surface area contributed by atoms with Crippen LogP contribution in [0.25, 0.3) is 11.0 Å². The molecule has 3 aromatic rings. The van der Waals surface area contributed by atoms with Crippen LogP contribution in [0, 0.1) is 0 Å². The molecule has 0 fully saturated rings. The number of hydrogen-bond acceptors (Lipinski definition) is 5. The van der Waals surface area contributed by atoms with Crippen molar-refractivity contribution in [3.63, 3.8) is 0 Å². The maximum Gasteiger partial charge on any atom is 0.338 e. The lowest BCUT2D eigenvalue weighted by Gasteiger charge is -2.29. The second-order valence-corrected chi connectivity index (χ2v) is 6.70. The van der Waals surface area contributed by atoms with Gasteiger partial charge in [-0.25, -0.2) is 9.78 Å². The van der Waals surface area contributed by atoms with E-state index in [2.05, 4.69) is 26.2 Å². The van der Waals surface area contributed by atoms with Crippen LogP contribution in [0.4, 0.5) is 5.95 Å². The quantitative estimate of drug-likeness (QED) is 0.664. The number of carbonyl (C=O) groups excluding carboxylic acids is 1. The number of esters is 1. The van der Waals surface area contributed by atoms with E-state index in [0.29, 0.717) is 18.1 Å². The number of benzene rings is 1. The molecule has 0 amide bonds. The molecule has 0 bridgehead atoms. The van der Waals surface area contributed by atoms with Gasteiger partial charge in [0, 0.05) is 15.7 Å². The van der Waals surface area contributed by atoms with Gasteiger partial charge in [-0.3, -0.25) is 4.57 Å². The van der Waals surface area contributed by atoms with Gasteiger partial charge in [0.25, 0.3) is 0 Å². The molecule has 0 radical (unpaired) electrons. The number of ether oxygens (including phenoxy) is 1. The van der Waals surface area contributed by atoms with Crippen LogP contribution >= 0.6 is 15.9 Å². The third kappa shape index (κ3) is 2.55. The van der Waals surface area contributed by atoms with Crippen molar-refractivity contribution in [2.45, 2.75) is 19.9 Å². The van der Waals surface area contributed by atoms with Crippen molar-refractivity contribution in [2.24, 2.45) is 0 Å². The number of nitrogens with zero attached hydrogens (tertiary/aromatic N) is 2. The highest BCUT2D eigenvalue weighted by molar-refractivity contribution is 9.10. The van der Waals surface area contributed by atoms with Crippen molar-refractivity contribution in [2.75, 3.05) is 11.9 Å². The normalized spacial score (nSPS) is 16.7. The number of anilines is 1. The second kappa shape index (κ2) is 6.07. The van der Waals surface area contributed by atoms with Crippen molar-refractivity contribution < 1.29 is 13.9 Å². The fourth-order valence-electron chi connectivity index (χ4n) is 3.21. The molecule has 6 nitrogen and oxygen atoms in total. The van der Waals surface area contributed by atoms with E-state index in [1.165, 1.54) is 0 Å². The molecule has 25 heavy (non-hydrogen) atoms. The standard InChI is InChI=1S/C18H16BrN3O3/c1-3-25-17(23)15-10(2)20-18-21-13-8-12(19)4-5-14(13)22(18)16(15)11-6-7-24-9-11/h4-9,16H,3H2,1-2H3,(H,20,21)/t16-/m1/s1. The van der Waals surface area contributed by atoms with Crippen molar-refractivity contribution >= 4 is 38.9 Å². The minimum Gasteiger partial charge on any atom is -0.472 e. The maximum atomic E-state index is 12.6. The summed E-state index contributed by atoms with van der Waals surface area (Å²) in [6, 6.07) is 7.39. The number of halogens is 1. The van der Waals surface area contributed by atoms with Crippen molar-refractivity contribution in [1.82, 2.24) is 9.55 Å². The number of rotatable bonds is 3. The summed E-state index contributed by atoms with van der Waals surface area (Å²) < 4.78 is 13.5. The number of imidazole rings is 1. The predicted molar refractivity (Wildman–Crippen MR) is 97.2 cm³/mol. The fourth-order valence-corrected chi connectivity index (χ4v) is 3.56. The van der Waals surface area contributed by atoms with E-state index in [4.69, 9.17) is 9.15 Å². The Balaban J connectivity index is 1.97. The van der Waals surface area contributed by atoms with Gasteiger partial charge in [-0.2, -0.15) is 0 Å². The van der Waals surface area contributed by atoms with Crippen molar-refractivity contribution in [3.8, 4) is 0 Å². The van der Waals surface area contributed by atoms with Gasteiger partial charge in [-0.15, -0.1) is 0 Å². The summed E-state index contributed by atoms with van der Waals surface area (Å²) in [5.41, 5.74) is 3.91. The van der Waals surface area contributed by atoms with E-state index in [0.717, 1.165) is 26.8 Å². The Kier molecular flexibility index (Phi) is 3.88. The van der Waals surface area contributed by atoms with Crippen LogP contribution in [0.15, 0.2) is 57.0 Å². The Morgan fingerprint density at radius 2 is 2.28 bits per heavy atom. The first-order valence-corrected chi connectivity index (χ1v) is 8.74. The third-order valence-corrected chi connectivity index (χ3v) is 4.73. The van der Waals surface area contributed by atoms with Gasteiger partial charge in [0.15, 0.2) is 0 Å². The van der Waals surface area contributed by atoms with Crippen LogP contribution in [0.1, 0.15) is 25.5 Å². The lowest BCUT2D eigenvalue weighted by Crippen LogP contribution is -2.28. The van der Waals surface area contributed by atoms with Crippen LogP contribution in [0.3, 0.4) is 0 Å². The Morgan fingerprint density at radius 3 is 3.00 bits per heavy atom. The molecule has 2 aromatic heterocycles. The molecule has 7 heteroatoms. The van der Waals surface area contributed by atoms with Crippen LogP contribution in [-0.2, 0) is 9.53 Å². The molecular formula is C18H16BrN3O3. The lowest BCUT2D eigenvalue weighted by atomic mass is 9.97. The maximum absolute atomic E-state index is 12.6. The molecule has 4 rings (SSSR count). The number of fused-ring (bicyclic) bond motifs is 3. The summed E-state index contributed by atoms with van der Waals surface area (Å²) in [5.74, 6) is 0.341. The highest BCUT2D eigenvalue weighted by Crippen LogP contribution is 2.40. The van der Waals surface area contributed by atoms with Gasteiger partial charge in [0.1, 0.15) is 0 Å². The number of allylic oxidation sites excluding steroid dienone is 1. The first kappa shape index (κ1) is 16.0. The van der Waals surface area contributed by atoms with E-state index in [1.807, 2.05) is 35.8 Å². The van der Waals surface area contributed by atoms with E-state index >= 15 is 0 Å². The molecular weight excluding hydrogens is 386 g/mol. The molecule has 0 saturated carbocycles. The smallest absolute Gasteiger partial charge is 0.338 e. The van der Waals surface area contributed by atoms with Crippen LogP contribution in [0.5, 0.6) is 0 Å². The van der Waals surface area contributed by atoms with Gasteiger partial charge in [0.05, 0.1) is 41.8 Å². The number of aromatic nitrogens is 2. The Hall–Kier alpha value is -2.54. The molecule has 0 spiro atoms. The van der Waals surface area contributed by atoms with E-state index in [-0.39, 0.29) is 12.0 Å². The van der Waals surface area contributed by atoms with E-state index < -0.39 is 0 Å². The summed E-state index contributed by atoms with van der Waals surface area (Å²) in [5, 5.41) is 3.23.